The van der Waals surface area contributed by atoms with Crippen LogP contribution in [0.2, 0.25) is 0 Å². The molecule has 5 heteroatoms. The van der Waals surface area contributed by atoms with Crippen LogP contribution in [0.15, 0.2) is 4.99 Å². The smallest absolute Gasteiger partial charge is 0.230 e. The Hall–Kier alpha value is -1.26. The van der Waals surface area contributed by atoms with Crippen molar-refractivity contribution in [3.8, 4) is 0 Å². The number of aliphatic imine (C=N–C) groups is 1. The van der Waals surface area contributed by atoms with Gasteiger partial charge in [-0.25, -0.2) is 0 Å². The van der Waals surface area contributed by atoms with E-state index in [2.05, 4.69) is 15.6 Å². The van der Waals surface area contributed by atoms with Gasteiger partial charge in [0.15, 0.2) is 5.96 Å². The monoisotopic (exact) mass is 294 g/mol. The summed E-state index contributed by atoms with van der Waals surface area (Å²) in [6.07, 6.45) is 8.25. The van der Waals surface area contributed by atoms with Crippen LogP contribution in [-0.4, -0.2) is 51.0 Å². The van der Waals surface area contributed by atoms with E-state index >= 15 is 0 Å². The number of guanidine groups is 1. The SMILES string of the molecule is CN=C(NCCC1CC1)NCC1(C(=O)N(C)C)CCCC1. The van der Waals surface area contributed by atoms with Crippen LogP contribution < -0.4 is 10.6 Å². The summed E-state index contributed by atoms with van der Waals surface area (Å²) in [5, 5.41) is 6.74. The minimum atomic E-state index is -0.238. The van der Waals surface area contributed by atoms with Crippen LogP contribution >= 0.6 is 0 Å². The first kappa shape index (κ1) is 16.1. The molecule has 120 valence electrons. The van der Waals surface area contributed by atoms with Gasteiger partial charge in [0, 0.05) is 34.2 Å². The van der Waals surface area contributed by atoms with Gasteiger partial charge < -0.3 is 15.5 Å². The summed E-state index contributed by atoms with van der Waals surface area (Å²) in [5.41, 5.74) is -0.238. The number of hydrogen-bond acceptors (Lipinski definition) is 2. The molecule has 0 spiro atoms. The molecule has 2 N–H and O–H groups in total. The summed E-state index contributed by atoms with van der Waals surface area (Å²) in [4.78, 5) is 18.5. The summed E-state index contributed by atoms with van der Waals surface area (Å²) in [7, 11) is 5.50. The standard InChI is InChI=1S/C16H30N4O/c1-17-15(18-11-8-13-6-7-13)19-12-16(9-4-5-10-16)14(21)20(2)3/h13H,4-12H2,1-3H3,(H2,17,18,19). The number of amides is 1. The van der Waals surface area contributed by atoms with Gasteiger partial charge in [0.25, 0.3) is 0 Å². The maximum Gasteiger partial charge on any atom is 0.230 e. The van der Waals surface area contributed by atoms with Crippen LogP contribution in [0.5, 0.6) is 0 Å². The van der Waals surface area contributed by atoms with Gasteiger partial charge in [-0.2, -0.15) is 0 Å². The molecule has 0 atom stereocenters. The van der Waals surface area contributed by atoms with Gasteiger partial charge in [-0.1, -0.05) is 25.7 Å². The minimum absolute atomic E-state index is 0.238. The third-order valence-corrected chi connectivity index (χ3v) is 4.78. The zero-order valence-electron chi connectivity index (χ0n) is 13.7. The Morgan fingerprint density at radius 1 is 1.24 bits per heavy atom. The summed E-state index contributed by atoms with van der Waals surface area (Å²) < 4.78 is 0. The molecule has 2 saturated carbocycles. The molecule has 0 unspecified atom stereocenters. The largest absolute Gasteiger partial charge is 0.356 e. The van der Waals surface area contributed by atoms with E-state index in [1.165, 1.54) is 19.3 Å². The lowest BCUT2D eigenvalue weighted by atomic mass is 9.84. The molecule has 0 saturated heterocycles. The number of rotatable bonds is 6. The first-order chi connectivity index (χ1) is 10.1. The molecular formula is C16H30N4O. The van der Waals surface area contributed by atoms with E-state index in [0.717, 1.165) is 44.1 Å². The van der Waals surface area contributed by atoms with E-state index in [-0.39, 0.29) is 11.3 Å². The predicted octanol–water partition coefficient (Wildman–Crippen LogP) is 1.60. The molecule has 0 aliphatic heterocycles. The first-order valence-electron chi connectivity index (χ1n) is 8.24. The van der Waals surface area contributed by atoms with E-state index in [1.54, 1.807) is 11.9 Å². The quantitative estimate of drug-likeness (QED) is 0.578. The van der Waals surface area contributed by atoms with Gasteiger partial charge in [0.2, 0.25) is 5.91 Å². The highest BCUT2D eigenvalue weighted by Crippen LogP contribution is 2.38. The van der Waals surface area contributed by atoms with Gasteiger partial charge in [-0.15, -0.1) is 0 Å². The van der Waals surface area contributed by atoms with Crippen LogP contribution in [0.3, 0.4) is 0 Å². The number of nitrogens with zero attached hydrogens (tertiary/aromatic N) is 2. The third kappa shape index (κ3) is 4.35. The molecule has 21 heavy (non-hydrogen) atoms. The second kappa shape index (κ2) is 7.14. The summed E-state index contributed by atoms with van der Waals surface area (Å²) >= 11 is 0. The Bertz CT molecular complexity index is 382. The average molecular weight is 294 g/mol. The maximum atomic E-state index is 12.5. The summed E-state index contributed by atoms with van der Waals surface area (Å²) in [6.45, 7) is 1.66. The van der Waals surface area contributed by atoms with Gasteiger partial charge in [-0.3, -0.25) is 9.79 Å². The highest BCUT2D eigenvalue weighted by atomic mass is 16.2. The van der Waals surface area contributed by atoms with E-state index in [1.807, 2.05) is 14.1 Å². The minimum Gasteiger partial charge on any atom is -0.356 e. The Morgan fingerprint density at radius 3 is 2.43 bits per heavy atom. The van der Waals surface area contributed by atoms with Crippen molar-refractivity contribution in [2.45, 2.75) is 44.9 Å². The highest BCUT2D eigenvalue weighted by Gasteiger charge is 2.42. The molecule has 0 radical (unpaired) electrons. The van der Waals surface area contributed by atoms with Crippen LogP contribution in [0, 0.1) is 11.3 Å². The van der Waals surface area contributed by atoms with Gasteiger partial charge in [0.05, 0.1) is 5.41 Å². The number of carbonyl (C=O) groups is 1. The second-order valence-corrected chi connectivity index (χ2v) is 6.77. The topological polar surface area (TPSA) is 56.7 Å². The van der Waals surface area contributed by atoms with Crippen molar-refractivity contribution in [1.82, 2.24) is 15.5 Å². The Morgan fingerprint density at radius 2 is 1.90 bits per heavy atom. The van der Waals surface area contributed by atoms with Crippen molar-refractivity contribution < 1.29 is 4.79 Å². The number of hydrogen-bond donors (Lipinski definition) is 2. The maximum absolute atomic E-state index is 12.5. The fourth-order valence-electron chi connectivity index (χ4n) is 3.27. The molecule has 0 bridgehead atoms. The van der Waals surface area contributed by atoms with Gasteiger partial charge in [-0.05, 0) is 25.2 Å². The third-order valence-electron chi connectivity index (χ3n) is 4.78. The average Bonchev–Trinajstić information content (AvgIpc) is 3.17. The van der Waals surface area contributed by atoms with Crippen molar-refractivity contribution in [2.24, 2.45) is 16.3 Å². The van der Waals surface area contributed by atoms with Crippen molar-refractivity contribution >= 4 is 11.9 Å². The molecule has 2 aliphatic rings. The molecular weight excluding hydrogens is 264 g/mol. The van der Waals surface area contributed by atoms with Crippen LogP contribution in [0.1, 0.15) is 44.9 Å². The molecule has 1 amide bonds. The van der Waals surface area contributed by atoms with Crippen molar-refractivity contribution in [2.75, 3.05) is 34.2 Å². The lowest BCUT2D eigenvalue weighted by molar-refractivity contribution is -0.138. The number of carbonyl (C=O) groups excluding carboxylic acids is 1. The zero-order valence-corrected chi connectivity index (χ0v) is 13.7. The summed E-state index contributed by atoms with van der Waals surface area (Å²) in [5.74, 6) is 2.00. The first-order valence-corrected chi connectivity index (χ1v) is 8.24. The fourth-order valence-corrected chi connectivity index (χ4v) is 3.27. The zero-order chi connectivity index (χ0) is 15.3. The van der Waals surface area contributed by atoms with E-state index in [9.17, 15) is 4.79 Å². The molecule has 0 heterocycles. The highest BCUT2D eigenvalue weighted by molar-refractivity contribution is 5.85. The molecule has 0 aromatic carbocycles. The van der Waals surface area contributed by atoms with Gasteiger partial charge in [0.1, 0.15) is 0 Å². The molecule has 0 aromatic rings. The normalized spacial score (nSPS) is 21.2. The lowest BCUT2D eigenvalue weighted by Crippen LogP contribution is -2.49. The Kier molecular flexibility index (Phi) is 5.48. The van der Waals surface area contributed by atoms with E-state index in [0.29, 0.717) is 6.54 Å². The van der Waals surface area contributed by atoms with Crippen LogP contribution in [0.4, 0.5) is 0 Å². The predicted molar refractivity (Wildman–Crippen MR) is 86.3 cm³/mol. The van der Waals surface area contributed by atoms with Crippen LogP contribution in [0.25, 0.3) is 0 Å². The van der Waals surface area contributed by atoms with Crippen molar-refractivity contribution in [1.29, 1.82) is 0 Å². The molecule has 2 rings (SSSR count). The van der Waals surface area contributed by atoms with Crippen molar-refractivity contribution in [3.05, 3.63) is 0 Å². The Labute approximate surface area is 128 Å². The van der Waals surface area contributed by atoms with Gasteiger partial charge >= 0.3 is 0 Å². The molecule has 2 aliphatic carbocycles. The summed E-state index contributed by atoms with van der Waals surface area (Å²) in [6, 6.07) is 0. The molecule has 5 nitrogen and oxygen atoms in total. The second-order valence-electron chi connectivity index (χ2n) is 6.77. The van der Waals surface area contributed by atoms with E-state index < -0.39 is 0 Å². The van der Waals surface area contributed by atoms with E-state index in [4.69, 9.17) is 0 Å². The lowest BCUT2D eigenvalue weighted by Gasteiger charge is -2.31. The van der Waals surface area contributed by atoms with Crippen LogP contribution in [-0.2, 0) is 4.79 Å². The molecule has 0 aromatic heterocycles. The molecule has 2 fully saturated rings. The van der Waals surface area contributed by atoms with Crippen molar-refractivity contribution in [3.63, 3.8) is 0 Å². The Balaban J connectivity index is 1.83. The number of nitrogens with one attached hydrogen (secondary N) is 2. The fraction of sp³-hybridized carbons (Fsp3) is 0.875.